The van der Waals surface area contributed by atoms with E-state index < -0.39 is 0 Å². The van der Waals surface area contributed by atoms with Crippen molar-refractivity contribution in [3.8, 4) is 0 Å². The van der Waals surface area contributed by atoms with Crippen molar-refractivity contribution in [3.05, 3.63) is 0 Å². The van der Waals surface area contributed by atoms with E-state index >= 15 is 0 Å². The van der Waals surface area contributed by atoms with Gasteiger partial charge in [0, 0.05) is 13.3 Å². The highest BCUT2D eigenvalue weighted by atomic mass is 16.5. The van der Waals surface area contributed by atoms with E-state index in [0.717, 1.165) is 12.8 Å². The third-order valence-electron chi connectivity index (χ3n) is 2.00. The lowest BCUT2D eigenvalue weighted by molar-refractivity contribution is -0.147. The van der Waals surface area contributed by atoms with Crippen molar-refractivity contribution < 1.29 is 19.1 Å². The summed E-state index contributed by atoms with van der Waals surface area (Å²) in [7, 11) is 0. The second-order valence-corrected chi connectivity index (χ2v) is 3.34. The summed E-state index contributed by atoms with van der Waals surface area (Å²) in [5, 5.41) is 0. The van der Waals surface area contributed by atoms with Gasteiger partial charge < -0.3 is 9.47 Å². The van der Waals surface area contributed by atoms with Crippen molar-refractivity contribution >= 4 is 11.9 Å². The molecule has 4 heteroatoms. The van der Waals surface area contributed by atoms with Crippen LogP contribution in [0, 0.1) is 0 Å². The second-order valence-electron chi connectivity index (χ2n) is 3.34. The van der Waals surface area contributed by atoms with Gasteiger partial charge in [0.15, 0.2) is 0 Å². The fourth-order valence-electron chi connectivity index (χ4n) is 1.29. The zero-order valence-electron chi connectivity index (χ0n) is 9.75. The molecule has 15 heavy (non-hydrogen) atoms. The Kier molecular flexibility index (Phi) is 7.68. The Morgan fingerprint density at radius 1 is 1.27 bits per heavy atom. The van der Waals surface area contributed by atoms with E-state index in [0.29, 0.717) is 19.4 Å². The first-order valence-electron chi connectivity index (χ1n) is 5.43. The van der Waals surface area contributed by atoms with Gasteiger partial charge in [0.2, 0.25) is 0 Å². The lowest BCUT2D eigenvalue weighted by atomic mass is 10.1. The SMILES string of the molecule is CCOC(=O)CCC[C@@H](CC)OC(C)=O. The number of rotatable bonds is 7. The van der Waals surface area contributed by atoms with Crippen LogP contribution in [0.1, 0.15) is 46.5 Å². The van der Waals surface area contributed by atoms with Gasteiger partial charge in [-0.3, -0.25) is 9.59 Å². The van der Waals surface area contributed by atoms with Gasteiger partial charge in [0.25, 0.3) is 0 Å². The molecule has 0 aromatic carbocycles. The fourth-order valence-corrected chi connectivity index (χ4v) is 1.29. The number of ether oxygens (including phenoxy) is 2. The third kappa shape index (κ3) is 7.97. The zero-order chi connectivity index (χ0) is 11.7. The van der Waals surface area contributed by atoms with Crippen LogP contribution >= 0.6 is 0 Å². The molecule has 0 spiro atoms. The van der Waals surface area contributed by atoms with Crippen LogP contribution in [0.4, 0.5) is 0 Å². The summed E-state index contributed by atoms with van der Waals surface area (Å²) in [6.45, 7) is 5.55. The molecule has 0 aromatic rings. The Balaban J connectivity index is 3.62. The number of hydrogen-bond acceptors (Lipinski definition) is 4. The standard InChI is InChI=1S/C11H20O4/c1-4-10(15-9(3)12)7-6-8-11(13)14-5-2/h10H,4-8H2,1-3H3/t10-/m1/s1. The van der Waals surface area contributed by atoms with Crippen LogP contribution in [0.25, 0.3) is 0 Å². The third-order valence-corrected chi connectivity index (χ3v) is 2.00. The number of carbonyl (C=O) groups excluding carboxylic acids is 2. The van der Waals surface area contributed by atoms with E-state index in [1.54, 1.807) is 6.92 Å². The van der Waals surface area contributed by atoms with Gasteiger partial charge >= 0.3 is 11.9 Å². The molecule has 4 nitrogen and oxygen atoms in total. The lowest BCUT2D eigenvalue weighted by Crippen LogP contribution is -2.16. The predicted octanol–water partition coefficient (Wildman–Crippen LogP) is 2.06. The molecule has 0 radical (unpaired) electrons. The van der Waals surface area contributed by atoms with Crippen LogP contribution in [-0.4, -0.2) is 24.6 Å². The molecule has 1 atom stereocenters. The molecule has 0 aliphatic heterocycles. The fraction of sp³-hybridized carbons (Fsp3) is 0.818. The molecular weight excluding hydrogens is 196 g/mol. The van der Waals surface area contributed by atoms with Crippen LogP contribution in [0.2, 0.25) is 0 Å². The van der Waals surface area contributed by atoms with Crippen LogP contribution in [-0.2, 0) is 19.1 Å². The average Bonchev–Trinajstić information content (AvgIpc) is 2.16. The molecular formula is C11H20O4. The van der Waals surface area contributed by atoms with Gasteiger partial charge in [-0.15, -0.1) is 0 Å². The van der Waals surface area contributed by atoms with Crippen LogP contribution < -0.4 is 0 Å². The maximum absolute atomic E-state index is 11.0. The summed E-state index contributed by atoms with van der Waals surface area (Å²) in [6, 6.07) is 0. The minimum Gasteiger partial charge on any atom is -0.466 e. The Labute approximate surface area is 90.9 Å². The van der Waals surface area contributed by atoms with Crippen molar-refractivity contribution in [1.82, 2.24) is 0 Å². The molecule has 0 bridgehead atoms. The van der Waals surface area contributed by atoms with Gasteiger partial charge in [-0.25, -0.2) is 0 Å². The zero-order valence-corrected chi connectivity index (χ0v) is 9.75. The van der Waals surface area contributed by atoms with Crippen LogP contribution in [0.3, 0.4) is 0 Å². The van der Waals surface area contributed by atoms with Crippen molar-refractivity contribution in [1.29, 1.82) is 0 Å². The molecule has 0 saturated heterocycles. The minimum atomic E-state index is -0.266. The van der Waals surface area contributed by atoms with E-state index in [4.69, 9.17) is 9.47 Å². The highest BCUT2D eigenvalue weighted by Gasteiger charge is 2.10. The molecule has 0 rings (SSSR count). The quantitative estimate of drug-likeness (QED) is 0.611. The molecule has 0 aliphatic rings. The second kappa shape index (κ2) is 8.26. The predicted molar refractivity (Wildman–Crippen MR) is 56.3 cm³/mol. The highest BCUT2D eigenvalue weighted by Crippen LogP contribution is 2.09. The summed E-state index contributed by atoms with van der Waals surface area (Å²) < 4.78 is 9.84. The first-order valence-corrected chi connectivity index (χ1v) is 5.43. The van der Waals surface area contributed by atoms with E-state index in [1.165, 1.54) is 6.92 Å². The van der Waals surface area contributed by atoms with Crippen molar-refractivity contribution in [3.63, 3.8) is 0 Å². The lowest BCUT2D eigenvalue weighted by Gasteiger charge is -2.14. The number of carbonyl (C=O) groups is 2. The molecule has 0 saturated carbocycles. The molecule has 0 heterocycles. The number of esters is 2. The smallest absolute Gasteiger partial charge is 0.305 e. The maximum atomic E-state index is 11.0. The summed E-state index contributed by atoms with van der Waals surface area (Å²) in [5.41, 5.74) is 0. The molecule has 0 N–H and O–H groups in total. The summed E-state index contributed by atoms with van der Waals surface area (Å²) >= 11 is 0. The van der Waals surface area contributed by atoms with E-state index in [9.17, 15) is 9.59 Å². The van der Waals surface area contributed by atoms with Crippen molar-refractivity contribution in [2.75, 3.05) is 6.61 Å². The van der Waals surface area contributed by atoms with Crippen molar-refractivity contribution in [2.45, 2.75) is 52.6 Å². The Hall–Kier alpha value is -1.06. The highest BCUT2D eigenvalue weighted by molar-refractivity contribution is 5.69. The monoisotopic (exact) mass is 216 g/mol. The molecule has 0 unspecified atom stereocenters. The van der Waals surface area contributed by atoms with E-state index in [-0.39, 0.29) is 18.0 Å². The first-order chi connectivity index (χ1) is 7.10. The largest absolute Gasteiger partial charge is 0.466 e. The minimum absolute atomic E-state index is 0.0723. The van der Waals surface area contributed by atoms with Gasteiger partial charge in [-0.1, -0.05) is 6.92 Å². The molecule has 0 fully saturated rings. The average molecular weight is 216 g/mol. The summed E-state index contributed by atoms with van der Waals surface area (Å²) in [6.07, 6.45) is 2.52. The Morgan fingerprint density at radius 3 is 2.40 bits per heavy atom. The topological polar surface area (TPSA) is 52.6 Å². The van der Waals surface area contributed by atoms with Gasteiger partial charge in [-0.2, -0.15) is 0 Å². The molecule has 0 amide bonds. The normalized spacial score (nSPS) is 11.9. The Bertz CT molecular complexity index is 201. The number of hydrogen-bond donors (Lipinski definition) is 0. The first kappa shape index (κ1) is 13.9. The Morgan fingerprint density at radius 2 is 1.93 bits per heavy atom. The van der Waals surface area contributed by atoms with E-state index in [1.807, 2.05) is 6.92 Å². The van der Waals surface area contributed by atoms with Gasteiger partial charge in [-0.05, 0) is 26.2 Å². The molecule has 0 aliphatic carbocycles. The van der Waals surface area contributed by atoms with Gasteiger partial charge in [0.05, 0.1) is 6.61 Å². The van der Waals surface area contributed by atoms with E-state index in [2.05, 4.69) is 0 Å². The van der Waals surface area contributed by atoms with Crippen LogP contribution in [0.5, 0.6) is 0 Å². The van der Waals surface area contributed by atoms with Crippen molar-refractivity contribution in [2.24, 2.45) is 0 Å². The van der Waals surface area contributed by atoms with Gasteiger partial charge in [0.1, 0.15) is 6.10 Å². The molecule has 88 valence electrons. The summed E-state index contributed by atoms with van der Waals surface area (Å²) in [4.78, 5) is 21.7. The molecule has 0 aromatic heterocycles. The maximum Gasteiger partial charge on any atom is 0.305 e. The summed E-state index contributed by atoms with van der Waals surface area (Å²) in [5.74, 6) is -0.451. The van der Waals surface area contributed by atoms with Crippen LogP contribution in [0.15, 0.2) is 0 Å².